The van der Waals surface area contributed by atoms with Crippen LogP contribution in [0.3, 0.4) is 0 Å². The van der Waals surface area contributed by atoms with Gasteiger partial charge >= 0.3 is 0 Å². The molecular formula is C51H50N2. The van der Waals surface area contributed by atoms with Crippen LogP contribution in [0.15, 0.2) is 176 Å². The Morgan fingerprint density at radius 1 is 0.472 bits per heavy atom. The van der Waals surface area contributed by atoms with Crippen molar-refractivity contribution in [1.29, 1.82) is 0 Å². The van der Waals surface area contributed by atoms with Crippen LogP contribution in [-0.4, -0.2) is 6.04 Å². The molecule has 1 atom stereocenters. The van der Waals surface area contributed by atoms with Crippen LogP contribution in [-0.2, 0) is 5.54 Å². The topological polar surface area (TPSA) is 52.0 Å². The quantitative estimate of drug-likeness (QED) is 0.167. The lowest BCUT2D eigenvalue weighted by molar-refractivity contribution is 0.363. The van der Waals surface area contributed by atoms with Gasteiger partial charge in [0.15, 0.2) is 0 Å². The van der Waals surface area contributed by atoms with E-state index in [4.69, 9.17) is 11.5 Å². The van der Waals surface area contributed by atoms with Gasteiger partial charge in [-0.15, -0.1) is 0 Å². The van der Waals surface area contributed by atoms with E-state index in [9.17, 15) is 0 Å². The average Bonchev–Trinajstić information content (AvgIpc) is 3.19. The van der Waals surface area contributed by atoms with Gasteiger partial charge < -0.3 is 11.5 Å². The van der Waals surface area contributed by atoms with E-state index in [-0.39, 0.29) is 6.04 Å². The molecule has 4 N–H and O–H groups in total. The minimum Gasteiger partial charge on any atom is -0.325 e. The lowest BCUT2D eigenvalue weighted by atomic mass is 9.72. The molecule has 0 radical (unpaired) electrons. The Hall–Kier alpha value is -5.54. The molecular weight excluding hydrogens is 641 g/mol. The van der Waals surface area contributed by atoms with Gasteiger partial charge in [-0.1, -0.05) is 204 Å². The third kappa shape index (κ3) is 7.26. The Bertz CT molecular complexity index is 2360. The fraction of sp³-hybridized carbons (Fsp3) is 0.176. The number of fused-ring (bicyclic) bond motifs is 4. The highest BCUT2D eigenvalue weighted by atomic mass is 14.9. The highest BCUT2D eigenvalue weighted by Crippen LogP contribution is 2.40. The van der Waals surface area contributed by atoms with Crippen molar-refractivity contribution in [2.75, 3.05) is 0 Å². The molecule has 8 aromatic carbocycles. The molecule has 0 aromatic heterocycles. The van der Waals surface area contributed by atoms with Crippen molar-refractivity contribution in [3.05, 3.63) is 198 Å². The first kappa shape index (κ1) is 35.8. The van der Waals surface area contributed by atoms with Gasteiger partial charge in [0.1, 0.15) is 0 Å². The molecule has 0 aliphatic heterocycles. The van der Waals surface area contributed by atoms with E-state index in [0.29, 0.717) is 11.8 Å². The molecule has 0 spiro atoms. The van der Waals surface area contributed by atoms with Gasteiger partial charge in [0.2, 0.25) is 0 Å². The van der Waals surface area contributed by atoms with Crippen molar-refractivity contribution >= 4 is 48.7 Å². The second-order valence-electron chi connectivity index (χ2n) is 15.0. The molecule has 0 heterocycles. The smallest absolute Gasteiger partial charge is 0.0831 e. The number of hydrogen-bond donors (Lipinski definition) is 2. The van der Waals surface area contributed by atoms with Crippen molar-refractivity contribution in [2.45, 2.75) is 45.7 Å². The molecule has 53 heavy (non-hydrogen) atoms. The molecule has 2 nitrogen and oxygen atoms in total. The second kappa shape index (κ2) is 15.6. The van der Waals surface area contributed by atoms with Gasteiger partial charge in [0.25, 0.3) is 0 Å². The van der Waals surface area contributed by atoms with Gasteiger partial charge in [-0.25, -0.2) is 0 Å². The fourth-order valence-electron chi connectivity index (χ4n) is 7.99. The maximum atomic E-state index is 7.34. The Morgan fingerprint density at radius 2 is 0.811 bits per heavy atom. The van der Waals surface area contributed by atoms with E-state index in [0.717, 1.165) is 17.5 Å². The number of benzene rings is 8. The Labute approximate surface area is 314 Å². The van der Waals surface area contributed by atoms with Crippen molar-refractivity contribution in [1.82, 2.24) is 0 Å². The minimum atomic E-state index is -0.786. The molecule has 8 rings (SSSR count). The van der Waals surface area contributed by atoms with Crippen LogP contribution < -0.4 is 11.5 Å². The van der Waals surface area contributed by atoms with Gasteiger partial charge in [-0.05, 0) is 89.2 Å². The maximum absolute atomic E-state index is 7.34. The zero-order chi connectivity index (χ0) is 37.0. The predicted molar refractivity (Wildman–Crippen MR) is 230 cm³/mol. The van der Waals surface area contributed by atoms with E-state index in [1.54, 1.807) is 0 Å². The van der Waals surface area contributed by atoms with E-state index < -0.39 is 5.54 Å². The highest BCUT2D eigenvalue weighted by Gasteiger charge is 2.39. The molecule has 1 unspecified atom stereocenters. The summed E-state index contributed by atoms with van der Waals surface area (Å²) in [5, 5.41) is 9.90. The minimum absolute atomic E-state index is 0.205. The number of allylic oxidation sites excluding steroid dienone is 1. The number of rotatable bonds is 8. The summed E-state index contributed by atoms with van der Waals surface area (Å²) in [6.45, 7) is 8.89. The van der Waals surface area contributed by atoms with Gasteiger partial charge in [0, 0.05) is 6.04 Å². The lowest BCUT2D eigenvalue weighted by Crippen LogP contribution is -2.54. The van der Waals surface area contributed by atoms with E-state index in [1.807, 2.05) is 0 Å². The van der Waals surface area contributed by atoms with Gasteiger partial charge in [0.05, 0.1) is 5.54 Å². The summed E-state index contributed by atoms with van der Waals surface area (Å²) in [4.78, 5) is 0. The van der Waals surface area contributed by atoms with E-state index >= 15 is 0 Å². The summed E-state index contributed by atoms with van der Waals surface area (Å²) in [6.07, 6.45) is 3.24. The monoisotopic (exact) mass is 690 g/mol. The van der Waals surface area contributed by atoms with Crippen LogP contribution in [0.2, 0.25) is 0 Å². The molecule has 0 saturated carbocycles. The van der Waals surface area contributed by atoms with E-state index in [1.165, 1.54) is 59.8 Å². The summed E-state index contributed by atoms with van der Waals surface area (Å²) in [5.41, 5.74) is 19.6. The third-order valence-corrected chi connectivity index (χ3v) is 10.4. The zero-order valence-electron chi connectivity index (χ0n) is 31.3. The third-order valence-electron chi connectivity index (χ3n) is 10.4. The SMILES string of the molecule is CC(C)C=C(c1cccc2ccccc12)c1cccc2ccccc12.CC(C)CC(N)C(N)(c1cccc2ccccc12)c1cccc2ccccc12. The second-order valence-corrected chi connectivity index (χ2v) is 15.0. The summed E-state index contributed by atoms with van der Waals surface area (Å²) < 4.78 is 0. The van der Waals surface area contributed by atoms with Crippen LogP contribution in [0.4, 0.5) is 0 Å². The van der Waals surface area contributed by atoms with Gasteiger partial charge in [-0.2, -0.15) is 0 Å². The van der Waals surface area contributed by atoms with Crippen molar-refractivity contribution < 1.29 is 0 Å². The molecule has 2 heteroatoms. The Balaban J connectivity index is 0.000000165. The predicted octanol–water partition coefficient (Wildman–Crippen LogP) is 12.6. The van der Waals surface area contributed by atoms with Gasteiger partial charge in [-0.3, -0.25) is 0 Å². The number of hydrogen-bond acceptors (Lipinski definition) is 2. The normalized spacial score (nSPS) is 12.3. The first-order valence-electron chi connectivity index (χ1n) is 18.9. The first-order valence-corrected chi connectivity index (χ1v) is 18.9. The van der Waals surface area contributed by atoms with Crippen LogP contribution >= 0.6 is 0 Å². The average molecular weight is 691 g/mol. The molecule has 264 valence electrons. The lowest BCUT2D eigenvalue weighted by Gasteiger charge is -2.39. The van der Waals surface area contributed by atoms with Crippen LogP contribution in [0.25, 0.3) is 48.7 Å². The van der Waals surface area contributed by atoms with Crippen molar-refractivity contribution in [3.8, 4) is 0 Å². The molecule has 0 aliphatic rings. The molecule has 0 saturated heterocycles. The zero-order valence-corrected chi connectivity index (χ0v) is 31.3. The summed E-state index contributed by atoms with van der Waals surface area (Å²) >= 11 is 0. The van der Waals surface area contributed by atoms with Crippen LogP contribution in [0.5, 0.6) is 0 Å². The molecule has 0 aliphatic carbocycles. The van der Waals surface area contributed by atoms with Crippen LogP contribution in [0.1, 0.15) is 56.4 Å². The summed E-state index contributed by atoms with van der Waals surface area (Å²) in [7, 11) is 0. The highest BCUT2D eigenvalue weighted by molar-refractivity contribution is 6.04. The standard InChI is InChI=1S/C26H28N2.C25H22/c1-18(2)17-25(27)26(28,23-15-7-11-19-9-3-5-13-21(19)23)24-16-8-12-20-10-4-6-14-22(20)24;1-18(2)17-25(23-15-7-11-19-9-3-5-13-21(19)23)24-16-8-12-20-10-4-6-14-22(20)24/h3-16,18,25H,17,27-28H2,1-2H3;3-18H,1-2H3. The first-order chi connectivity index (χ1) is 25.8. The number of nitrogens with two attached hydrogens (primary N) is 2. The van der Waals surface area contributed by atoms with E-state index in [2.05, 4.69) is 204 Å². The summed E-state index contributed by atoms with van der Waals surface area (Å²) in [5.74, 6) is 0.941. The maximum Gasteiger partial charge on any atom is 0.0831 e. The Kier molecular flexibility index (Phi) is 10.5. The fourth-order valence-corrected chi connectivity index (χ4v) is 7.99. The van der Waals surface area contributed by atoms with Crippen molar-refractivity contribution in [2.24, 2.45) is 23.3 Å². The van der Waals surface area contributed by atoms with Crippen LogP contribution in [0, 0.1) is 11.8 Å². The largest absolute Gasteiger partial charge is 0.325 e. The Morgan fingerprint density at radius 3 is 1.21 bits per heavy atom. The molecule has 0 bridgehead atoms. The molecule has 0 fully saturated rings. The molecule has 0 amide bonds. The molecule has 8 aromatic rings. The summed E-state index contributed by atoms with van der Waals surface area (Å²) in [6, 6.07) is 59.9. The van der Waals surface area contributed by atoms with Crippen molar-refractivity contribution in [3.63, 3.8) is 0 Å².